The Kier molecular flexibility index (Phi) is 5.47. The molecule has 0 atom stereocenters. The number of carbonyl (C=O) groups is 1. The smallest absolute Gasteiger partial charge is 0.193 e. The fourth-order valence-corrected chi connectivity index (χ4v) is 4.91. The zero-order valence-electron chi connectivity index (χ0n) is 16.6. The SMILES string of the molecule is Brc1ccc2cc3ccccc3cc2c1Br.O=C1c2ccccc2Cc2ccccc21. The highest BCUT2D eigenvalue weighted by Crippen LogP contribution is 2.33. The lowest BCUT2D eigenvalue weighted by molar-refractivity contribution is 0.103. The van der Waals surface area contributed by atoms with Crippen molar-refractivity contribution >= 4 is 59.2 Å². The first kappa shape index (κ1) is 20.2. The molecule has 0 unspecified atom stereocenters. The number of benzene rings is 5. The molecule has 0 aliphatic heterocycles. The average Bonchev–Trinajstić information content (AvgIpc) is 2.81. The Hall–Kier alpha value is -2.75. The lowest BCUT2D eigenvalue weighted by Crippen LogP contribution is -2.14. The van der Waals surface area contributed by atoms with Gasteiger partial charge in [0.15, 0.2) is 5.78 Å². The van der Waals surface area contributed by atoms with Crippen LogP contribution in [0.4, 0.5) is 0 Å². The van der Waals surface area contributed by atoms with E-state index in [4.69, 9.17) is 0 Å². The first-order valence-electron chi connectivity index (χ1n) is 10.1. The lowest BCUT2D eigenvalue weighted by atomic mass is 9.85. The zero-order valence-corrected chi connectivity index (χ0v) is 19.8. The van der Waals surface area contributed by atoms with E-state index in [2.05, 4.69) is 80.4 Å². The standard InChI is InChI=1S/C14H8Br2.C14H10O/c15-13-6-5-11-7-9-3-1-2-4-10(9)8-12(11)14(13)16;15-14-12-7-3-1-5-10(12)9-11-6-2-4-8-13(11)14/h1-8H;1-8H,9H2. The molecule has 150 valence electrons. The van der Waals surface area contributed by atoms with E-state index in [9.17, 15) is 4.79 Å². The predicted molar refractivity (Wildman–Crippen MR) is 136 cm³/mol. The second-order valence-corrected chi connectivity index (χ2v) is 9.25. The van der Waals surface area contributed by atoms with Gasteiger partial charge in [0.2, 0.25) is 0 Å². The van der Waals surface area contributed by atoms with Crippen LogP contribution in [0.3, 0.4) is 0 Å². The van der Waals surface area contributed by atoms with E-state index in [1.54, 1.807) is 0 Å². The number of rotatable bonds is 0. The molecule has 0 amide bonds. The second-order valence-electron chi connectivity index (χ2n) is 7.60. The minimum Gasteiger partial charge on any atom is -0.289 e. The molecular formula is C28H18Br2O. The van der Waals surface area contributed by atoms with Crippen LogP contribution in [0.15, 0.2) is 106 Å². The number of hydrogen-bond donors (Lipinski definition) is 0. The van der Waals surface area contributed by atoms with E-state index in [0.717, 1.165) is 37.6 Å². The van der Waals surface area contributed by atoms with Gasteiger partial charge < -0.3 is 0 Å². The van der Waals surface area contributed by atoms with Gasteiger partial charge in [0.25, 0.3) is 0 Å². The Morgan fingerprint density at radius 2 is 1.13 bits per heavy atom. The summed E-state index contributed by atoms with van der Waals surface area (Å²) in [5.41, 5.74) is 4.00. The normalized spacial score (nSPS) is 12.1. The minimum absolute atomic E-state index is 0.160. The van der Waals surface area contributed by atoms with Gasteiger partial charge in [0.05, 0.1) is 0 Å². The number of halogens is 2. The highest BCUT2D eigenvalue weighted by Gasteiger charge is 2.21. The first-order valence-corrected chi connectivity index (χ1v) is 11.7. The predicted octanol–water partition coefficient (Wildman–Crippen LogP) is 8.34. The van der Waals surface area contributed by atoms with Gasteiger partial charge in [-0.2, -0.15) is 0 Å². The Bertz CT molecular complexity index is 1410. The van der Waals surface area contributed by atoms with E-state index < -0.39 is 0 Å². The van der Waals surface area contributed by atoms with Crippen LogP contribution in [-0.2, 0) is 6.42 Å². The van der Waals surface area contributed by atoms with Gasteiger partial charge in [-0.05, 0) is 89.2 Å². The summed E-state index contributed by atoms with van der Waals surface area (Å²) < 4.78 is 2.21. The van der Waals surface area contributed by atoms with Gasteiger partial charge in [-0.3, -0.25) is 4.79 Å². The van der Waals surface area contributed by atoms with Crippen LogP contribution in [0.1, 0.15) is 27.0 Å². The highest BCUT2D eigenvalue weighted by atomic mass is 79.9. The van der Waals surface area contributed by atoms with Crippen molar-refractivity contribution < 1.29 is 4.79 Å². The van der Waals surface area contributed by atoms with Crippen molar-refractivity contribution in [2.24, 2.45) is 0 Å². The third-order valence-electron chi connectivity index (χ3n) is 5.68. The molecule has 5 aromatic carbocycles. The summed E-state index contributed by atoms with van der Waals surface area (Å²) in [6.07, 6.45) is 0.873. The number of ketones is 1. The van der Waals surface area contributed by atoms with Crippen molar-refractivity contribution in [2.75, 3.05) is 0 Å². The topological polar surface area (TPSA) is 17.1 Å². The van der Waals surface area contributed by atoms with Crippen molar-refractivity contribution in [3.8, 4) is 0 Å². The molecule has 0 saturated carbocycles. The van der Waals surface area contributed by atoms with E-state index >= 15 is 0 Å². The molecule has 0 aromatic heterocycles. The largest absolute Gasteiger partial charge is 0.289 e. The summed E-state index contributed by atoms with van der Waals surface area (Å²) in [4.78, 5) is 12.1. The number of carbonyl (C=O) groups excluding carboxylic acids is 1. The molecule has 3 heteroatoms. The van der Waals surface area contributed by atoms with Gasteiger partial charge in [-0.1, -0.05) is 78.9 Å². The summed E-state index contributed by atoms with van der Waals surface area (Å²) >= 11 is 7.15. The van der Waals surface area contributed by atoms with Gasteiger partial charge in [0, 0.05) is 20.1 Å². The maximum atomic E-state index is 12.1. The third-order valence-corrected chi connectivity index (χ3v) is 7.73. The first-order chi connectivity index (χ1) is 15.1. The van der Waals surface area contributed by atoms with Crippen molar-refractivity contribution in [2.45, 2.75) is 6.42 Å². The maximum Gasteiger partial charge on any atom is 0.193 e. The molecule has 0 radical (unpaired) electrons. The molecule has 0 saturated heterocycles. The van der Waals surface area contributed by atoms with Crippen LogP contribution in [-0.4, -0.2) is 5.78 Å². The van der Waals surface area contributed by atoms with Crippen LogP contribution < -0.4 is 0 Å². The van der Waals surface area contributed by atoms with Gasteiger partial charge in [-0.25, -0.2) is 0 Å². The van der Waals surface area contributed by atoms with Crippen molar-refractivity contribution in [3.63, 3.8) is 0 Å². The van der Waals surface area contributed by atoms with Crippen molar-refractivity contribution in [1.82, 2.24) is 0 Å². The Morgan fingerprint density at radius 3 is 1.77 bits per heavy atom. The van der Waals surface area contributed by atoms with Crippen molar-refractivity contribution in [3.05, 3.63) is 128 Å². The fourth-order valence-electron chi connectivity index (χ4n) is 4.09. The van der Waals surface area contributed by atoms with Gasteiger partial charge in [-0.15, -0.1) is 0 Å². The van der Waals surface area contributed by atoms with E-state index in [-0.39, 0.29) is 5.78 Å². The molecule has 31 heavy (non-hydrogen) atoms. The highest BCUT2D eigenvalue weighted by molar-refractivity contribution is 9.13. The summed E-state index contributed by atoms with van der Waals surface area (Å²) in [5.74, 6) is 0.160. The minimum atomic E-state index is 0.160. The van der Waals surface area contributed by atoms with E-state index in [1.807, 2.05) is 48.5 Å². The molecular weight excluding hydrogens is 512 g/mol. The van der Waals surface area contributed by atoms with Gasteiger partial charge >= 0.3 is 0 Å². The van der Waals surface area contributed by atoms with Crippen LogP contribution >= 0.6 is 31.9 Å². The van der Waals surface area contributed by atoms with Crippen LogP contribution in [0.2, 0.25) is 0 Å². The quantitative estimate of drug-likeness (QED) is 0.181. The van der Waals surface area contributed by atoms with Crippen molar-refractivity contribution in [1.29, 1.82) is 0 Å². The molecule has 0 fully saturated rings. The lowest BCUT2D eigenvalue weighted by Gasteiger charge is -2.17. The molecule has 0 spiro atoms. The summed E-state index contributed by atoms with van der Waals surface area (Å²) in [5, 5.41) is 5.06. The van der Waals surface area contributed by atoms with E-state index in [1.165, 1.54) is 21.5 Å². The summed E-state index contributed by atoms with van der Waals surface area (Å²) in [6, 6.07) is 32.8. The third kappa shape index (κ3) is 3.84. The molecule has 0 N–H and O–H groups in total. The summed E-state index contributed by atoms with van der Waals surface area (Å²) in [6.45, 7) is 0. The molecule has 1 aliphatic rings. The molecule has 1 nitrogen and oxygen atoms in total. The summed E-state index contributed by atoms with van der Waals surface area (Å²) in [7, 11) is 0. The number of fused-ring (bicyclic) bond motifs is 4. The Labute approximate surface area is 198 Å². The fraction of sp³-hybridized carbons (Fsp3) is 0.0357. The molecule has 1 aliphatic carbocycles. The molecule has 6 rings (SSSR count). The second kappa shape index (κ2) is 8.41. The Balaban J connectivity index is 0.000000132. The van der Waals surface area contributed by atoms with E-state index in [0.29, 0.717) is 0 Å². The monoisotopic (exact) mass is 528 g/mol. The molecule has 5 aromatic rings. The molecule has 0 heterocycles. The zero-order chi connectivity index (χ0) is 21.4. The average molecular weight is 530 g/mol. The number of hydrogen-bond acceptors (Lipinski definition) is 1. The molecule has 0 bridgehead atoms. The van der Waals surface area contributed by atoms with Crippen LogP contribution in [0.25, 0.3) is 21.5 Å². The Morgan fingerprint density at radius 1 is 0.581 bits per heavy atom. The van der Waals surface area contributed by atoms with Gasteiger partial charge in [0.1, 0.15) is 0 Å². The van der Waals surface area contributed by atoms with Crippen LogP contribution in [0.5, 0.6) is 0 Å². The maximum absolute atomic E-state index is 12.1. The van der Waals surface area contributed by atoms with Crippen LogP contribution in [0, 0.1) is 0 Å².